The van der Waals surface area contributed by atoms with E-state index in [1.54, 1.807) is 29.2 Å². The van der Waals surface area contributed by atoms with Crippen LogP contribution in [0.3, 0.4) is 0 Å². The second-order valence-electron chi connectivity index (χ2n) is 6.61. The molecule has 1 atom stereocenters. The highest BCUT2D eigenvalue weighted by molar-refractivity contribution is 5.85. The lowest BCUT2D eigenvalue weighted by molar-refractivity contribution is -0.137. The van der Waals surface area contributed by atoms with E-state index in [9.17, 15) is 9.59 Å². The smallest absolute Gasteiger partial charge is 0.273 e. The number of rotatable bonds is 8. The van der Waals surface area contributed by atoms with Gasteiger partial charge in [0.05, 0.1) is 19.4 Å². The van der Waals surface area contributed by atoms with E-state index in [0.29, 0.717) is 32.1 Å². The fourth-order valence-corrected chi connectivity index (χ4v) is 2.95. The van der Waals surface area contributed by atoms with Crippen molar-refractivity contribution in [1.82, 2.24) is 10.3 Å². The first-order valence-electron chi connectivity index (χ1n) is 9.66. The van der Waals surface area contributed by atoms with Crippen LogP contribution in [-0.2, 0) is 19.1 Å². The Kier molecular flexibility index (Phi) is 7.94. The minimum Gasteiger partial charge on any atom is -0.484 e. The lowest BCUT2D eigenvalue weighted by atomic mass is 10.1. The summed E-state index contributed by atoms with van der Waals surface area (Å²) in [7, 11) is 1.48. The van der Waals surface area contributed by atoms with Crippen LogP contribution in [0.15, 0.2) is 59.7 Å². The number of nitrogens with one attached hydrogen (secondary N) is 1. The van der Waals surface area contributed by atoms with E-state index in [-0.39, 0.29) is 18.4 Å². The zero-order valence-corrected chi connectivity index (χ0v) is 16.8. The maximum atomic E-state index is 12.3. The molecule has 1 aliphatic rings. The van der Waals surface area contributed by atoms with Crippen molar-refractivity contribution < 1.29 is 23.8 Å². The van der Waals surface area contributed by atoms with Crippen molar-refractivity contribution in [3.63, 3.8) is 0 Å². The summed E-state index contributed by atoms with van der Waals surface area (Å²) in [5.41, 5.74) is 4.01. The number of hydrogen-bond acceptors (Lipinski definition) is 6. The van der Waals surface area contributed by atoms with Gasteiger partial charge in [0.15, 0.2) is 12.7 Å². The second kappa shape index (κ2) is 11.1. The Morgan fingerprint density at radius 2 is 1.83 bits per heavy atom. The summed E-state index contributed by atoms with van der Waals surface area (Å²) in [5.74, 6) is 0.167. The Morgan fingerprint density at radius 1 is 1.13 bits per heavy atom. The number of hydrogen-bond donors (Lipinski definition) is 1. The van der Waals surface area contributed by atoms with Crippen LogP contribution >= 0.6 is 0 Å². The molecule has 0 bridgehead atoms. The molecule has 3 rings (SSSR count). The number of carbonyl (C=O) groups excluding carboxylic acids is 2. The van der Waals surface area contributed by atoms with Crippen molar-refractivity contribution in [2.75, 3.05) is 40.0 Å². The SMILES string of the molecule is CO[C@H](C(=O)N/N=C\c1ccc(OCC(=O)N2CCOCC2)cc1)c1ccccc1. The zero-order valence-electron chi connectivity index (χ0n) is 16.8. The Hall–Kier alpha value is -3.23. The summed E-state index contributed by atoms with van der Waals surface area (Å²) >= 11 is 0. The van der Waals surface area contributed by atoms with Gasteiger partial charge in [-0.1, -0.05) is 30.3 Å². The Bertz CT molecular complexity index is 849. The van der Waals surface area contributed by atoms with Crippen molar-refractivity contribution in [3.05, 3.63) is 65.7 Å². The highest BCUT2D eigenvalue weighted by Gasteiger charge is 2.19. The van der Waals surface area contributed by atoms with E-state index in [1.807, 2.05) is 30.3 Å². The number of ether oxygens (including phenoxy) is 3. The summed E-state index contributed by atoms with van der Waals surface area (Å²) in [6.45, 7) is 2.30. The molecule has 8 heteroatoms. The first-order valence-corrected chi connectivity index (χ1v) is 9.66. The van der Waals surface area contributed by atoms with Crippen LogP contribution in [0.4, 0.5) is 0 Å². The fourth-order valence-electron chi connectivity index (χ4n) is 2.95. The summed E-state index contributed by atoms with van der Waals surface area (Å²) in [6, 6.07) is 16.3. The Morgan fingerprint density at radius 3 is 2.50 bits per heavy atom. The minimum absolute atomic E-state index is 0.0125. The van der Waals surface area contributed by atoms with Gasteiger partial charge in [0, 0.05) is 20.2 Å². The predicted octanol–water partition coefficient (Wildman–Crippen LogP) is 1.76. The van der Waals surface area contributed by atoms with Crippen LogP contribution in [0.1, 0.15) is 17.2 Å². The standard InChI is InChI=1S/C22H25N3O5/c1-28-21(18-5-3-2-4-6-18)22(27)24-23-15-17-7-9-19(10-8-17)30-16-20(26)25-11-13-29-14-12-25/h2-10,15,21H,11-14,16H2,1H3,(H,24,27)/b23-15-/t21-/m0/s1. The molecule has 0 aliphatic carbocycles. The quantitative estimate of drug-likeness (QED) is 0.528. The molecule has 2 aromatic carbocycles. The normalized spacial score (nSPS) is 15.0. The molecular weight excluding hydrogens is 386 g/mol. The van der Waals surface area contributed by atoms with Crippen LogP contribution in [0, 0.1) is 0 Å². The van der Waals surface area contributed by atoms with Gasteiger partial charge in [0.1, 0.15) is 5.75 Å². The zero-order chi connectivity index (χ0) is 21.2. The molecule has 1 heterocycles. The molecular formula is C22H25N3O5. The molecule has 1 saturated heterocycles. The Balaban J connectivity index is 1.47. The lowest BCUT2D eigenvalue weighted by Gasteiger charge is -2.26. The monoisotopic (exact) mass is 411 g/mol. The van der Waals surface area contributed by atoms with Crippen molar-refractivity contribution in [2.24, 2.45) is 5.10 Å². The summed E-state index contributed by atoms with van der Waals surface area (Å²) in [6.07, 6.45) is 0.793. The van der Waals surface area contributed by atoms with Gasteiger partial charge in [0.25, 0.3) is 11.8 Å². The summed E-state index contributed by atoms with van der Waals surface area (Å²) in [5, 5.41) is 3.98. The van der Waals surface area contributed by atoms with Crippen LogP contribution in [0.2, 0.25) is 0 Å². The molecule has 0 saturated carbocycles. The number of methoxy groups -OCH3 is 1. The molecule has 1 N–H and O–H groups in total. The largest absolute Gasteiger partial charge is 0.484 e. The third kappa shape index (κ3) is 6.13. The molecule has 0 unspecified atom stereocenters. The molecule has 30 heavy (non-hydrogen) atoms. The van der Waals surface area contributed by atoms with Crippen LogP contribution in [-0.4, -0.2) is 62.9 Å². The average Bonchev–Trinajstić information content (AvgIpc) is 2.80. The molecule has 2 amide bonds. The van der Waals surface area contributed by atoms with Crippen LogP contribution in [0.25, 0.3) is 0 Å². The molecule has 158 valence electrons. The molecule has 1 aliphatic heterocycles. The summed E-state index contributed by atoms with van der Waals surface area (Å²) < 4.78 is 16.1. The van der Waals surface area contributed by atoms with E-state index in [0.717, 1.165) is 11.1 Å². The first kappa shape index (κ1) is 21.5. The van der Waals surface area contributed by atoms with Crippen LogP contribution in [0.5, 0.6) is 5.75 Å². The number of morpholine rings is 1. The van der Waals surface area contributed by atoms with Gasteiger partial charge in [-0.25, -0.2) is 5.43 Å². The van der Waals surface area contributed by atoms with E-state index in [4.69, 9.17) is 14.2 Å². The summed E-state index contributed by atoms with van der Waals surface area (Å²) in [4.78, 5) is 26.1. The van der Waals surface area contributed by atoms with E-state index in [1.165, 1.54) is 13.3 Å². The number of benzene rings is 2. The molecule has 8 nitrogen and oxygen atoms in total. The number of hydrazone groups is 1. The van der Waals surface area contributed by atoms with Crippen molar-refractivity contribution in [2.45, 2.75) is 6.10 Å². The van der Waals surface area contributed by atoms with Gasteiger partial charge < -0.3 is 19.1 Å². The van der Waals surface area contributed by atoms with Gasteiger partial charge >= 0.3 is 0 Å². The van der Waals surface area contributed by atoms with Crippen LogP contribution < -0.4 is 10.2 Å². The highest BCUT2D eigenvalue weighted by atomic mass is 16.5. The first-order chi connectivity index (χ1) is 14.7. The number of amides is 2. The van der Waals surface area contributed by atoms with E-state index < -0.39 is 6.10 Å². The topological polar surface area (TPSA) is 89.5 Å². The maximum Gasteiger partial charge on any atom is 0.273 e. The molecule has 0 aromatic heterocycles. The Labute approximate surface area is 175 Å². The molecule has 2 aromatic rings. The molecule has 0 radical (unpaired) electrons. The number of carbonyl (C=O) groups is 2. The third-order valence-electron chi connectivity index (χ3n) is 4.57. The minimum atomic E-state index is -0.733. The predicted molar refractivity (Wildman–Crippen MR) is 111 cm³/mol. The highest BCUT2D eigenvalue weighted by Crippen LogP contribution is 2.16. The van der Waals surface area contributed by atoms with Gasteiger partial charge in [-0.2, -0.15) is 5.10 Å². The van der Waals surface area contributed by atoms with Gasteiger partial charge in [0.2, 0.25) is 0 Å². The van der Waals surface area contributed by atoms with Gasteiger partial charge in [-0.15, -0.1) is 0 Å². The van der Waals surface area contributed by atoms with E-state index in [2.05, 4.69) is 10.5 Å². The lowest BCUT2D eigenvalue weighted by Crippen LogP contribution is -2.42. The average molecular weight is 411 g/mol. The molecule has 1 fully saturated rings. The van der Waals surface area contributed by atoms with Crippen molar-refractivity contribution in [3.8, 4) is 5.75 Å². The molecule has 0 spiro atoms. The number of nitrogens with zero attached hydrogens (tertiary/aromatic N) is 2. The fraction of sp³-hybridized carbons (Fsp3) is 0.318. The van der Waals surface area contributed by atoms with Gasteiger partial charge in [-0.3, -0.25) is 9.59 Å². The van der Waals surface area contributed by atoms with Crippen molar-refractivity contribution >= 4 is 18.0 Å². The van der Waals surface area contributed by atoms with Crippen molar-refractivity contribution in [1.29, 1.82) is 0 Å². The third-order valence-corrected chi connectivity index (χ3v) is 4.57. The second-order valence-corrected chi connectivity index (χ2v) is 6.61. The van der Waals surface area contributed by atoms with Gasteiger partial charge in [-0.05, 0) is 35.4 Å². The van der Waals surface area contributed by atoms with E-state index >= 15 is 0 Å². The maximum absolute atomic E-state index is 12.3.